The second kappa shape index (κ2) is 7.17. The molecule has 3 heteroatoms. The van der Waals surface area contributed by atoms with Crippen LogP contribution in [0.5, 0.6) is 0 Å². The molecule has 0 radical (unpaired) electrons. The Labute approximate surface area is 114 Å². The number of nitrogens with one attached hydrogen (secondary N) is 1. The standard InChI is InChI=1S/C15H23NOS/c1-2-18-15-10-6-9-13(15)16-11-14(17)12-7-4-3-5-8-12/h3-5,7-8,13-17H,2,6,9-11H2,1H3. The van der Waals surface area contributed by atoms with Crippen LogP contribution < -0.4 is 5.32 Å². The van der Waals surface area contributed by atoms with Crippen molar-refractivity contribution in [2.45, 2.75) is 43.6 Å². The van der Waals surface area contributed by atoms with Crippen molar-refractivity contribution in [3.05, 3.63) is 35.9 Å². The largest absolute Gasteiger partial charge is 0.387 e. The molecule has 100 valence electrons. The van der Waals surface area contributed by atoms with Gasteiger partial charge in [0, 0.05) is 17.8 Å². The van der Waals surface area contributed by atoms with Gasteiger partial charge in [-0.2, -0.15) is 11.8 Å². The maximum Gasteiger partial charge on any atom is 0.0914 e. The summed E-state index contributed by atoms with van der Waals surface area (Å²) in [5.41, 5.74) is 1.00. The van der Waals surface area contributed by atoms with E-state index >= 15 is 0 Å². The second-order valence-corrected chi connectivity index (χ2v) is 6.38. The molecule has 1 aliphatic rings. The molecular formula is C15H23NOS. The van der Waals surface area contributed by atoms with E-state index in [0.717, 1.165) is 10.8 Å². The highest BCUT2D eigenvalue weighted by atomic mass is 32.2. The molecule has 1 saturated carbocycles. The number of aliphatic hydroxyl groups is 1. The van der Waals surface area contributed by atoms with E-state index in [1.807, 2.05) is 30.3 Å². The third-order valence-electron chi connectivity index (χ3n) is 3.59. The van der Waals surface area contributed by atoms with Gasteiger partial charge >= 0.3 is 0 Å². The van der Waals surface area contributed by atoms with Crippen LogP contribution in [0.2, 0.25) is 0 Å². The molecule has 1 aromatic rings. The Morgan fingerprint density at radius 2 is 2.11 bits per heavy atom. The molecule has 0 amide bonds. The summed E-state index contributed by atoms with van der Waals surface area (Å²) < 4.78 is 0. The Morgan fingerprint density at radius 1 is 1.33 bits per heavy atom. The lowest BCUT2D eigenvalue weighted by Gasteiger charge is -2.22. The molecule has 1 aromatic carbocycles. The van der Waals surface area contributed by atoms with Crippen molar-refractivity contribution in [1.82, 2.24) is 5.32 Å². The van der Waals surface area contributed by atoms with Crippen molar-refractivity contribution in [3.63, 3.8) is 0 Å². The summed E-state index contributed by atoms with van der Waals surface area (Å²) in [5.74, 6) is 1.18. The molecule has 1 fully saturated rings. The molecule has 0 bridgehead atoms. The molecule has 0 heterocycles. The average Bonchev–Trinajstić information content (AvgIpc) is 2.85. The van der Waals surface area contributed by atoms with Crippen molar-refractivity contribution in [2.75, 3.05) is 12.3 Å². The van der Waals surface area contributed by atoms with Gasteiger partial charge in [-0.25, -0.2) is 0 Å². The maximum absolute atomic E-state index is 10.1. The minimum absolute atomic E-state index is 0.390. The lowest BCUT2D eigenvalue weighted by Crippen LogP contribution is -2.36. The zero-order chi connectivity index (χ0) is 12.8. The first-order valence-corrected chi connectivity index (χ1v) is 7.94. The van der Waals surface area contributed by atoms with Crippen molar-refractivity contribution in [1.29, 1.82) is 0 Å². The Hall–Kier alpha value is -0.510. The zero-order valence-electron chi connectivity index (χ0n) is 11.0. The quantitative estimate of drug-likeness (QED) is 0.829. The molecule has 18 heavy (non-hydrogen) atoms. The van der Waals surface area contributed by atoms with E-state index in [0.29, 0.717) is 12.6 Å². The Morgan fingerprint density at radius 3 is 2.83 bits per heavy atom. The molecule has 0 saturated heterocycles. The fourth-order valence-electron chi connectivity index (χ4n) is 2.63. The summed E-state index contributed by atoms with van der Waals surface area (Å²) in [4.78, 5) is 0. The van der Waals surface area contributed by atoms with Crippen LogP contribution >= 0.6 is 11.8 Å². The molecular weight excluding hydrogens is 242 g/mol. The molecule has 3 unspecified atom stereocenters. The van der Waals surface area contributed by atoms with Crippen LogP contribution in [0.25, 0.3) is 0 Å². The molecule has 3 atom stereocenters. The fraction of sp³-hybridized carbons (Fsp3) is 0.600. The number of hydrogen-bond donors (Lipinski definition) is 2. The topological polar surface area (TPSA) is 32.3 Å². The van der Waals surface area contributed by atoms with E-state index in [9.17, 15) is 5.11 Å². The van der Waals surface area contributed by atoms with E-state index in [2.05, 4.69) is 24.0 Å². The smallest absolute Gasteiger partial charge is 0.0914 e. The normalized spacial score (nSPS) is 25.2. The number of hydrogen-bond acceptors (Lipinski definition) is 3. The van der Waals surface area contributed by atoms with E-state index in [4.69, 9.17) is 0 Å². The maximum atomic E-state index is 10.1. The van der Waals surface area contributed by atoms with E-state index in [1.54, 1.807) is 0 Å². The van der Waals surface area contributed by atoms with Crippen LogP contribution in [0, 0.1) is 0 Å². The molecule has 0 aromatic heterocycles. The molecule has 1 aliphatic carbocycles. The molecule has 2 N–H and O–H groups in total. The number of aliphatic hydroxyl groups excluding tert-OH is 1. The van der Waals surface area contributed by atoms with Gasteiger partial charge in [0.05, 0.1) is 6.10 Å². The van der Waals surface area contributed by atoms with Gasteiger partial charge in [0.15, 0.2) is 0 Å². The van der Waals surface area contributed by atoms with E-state index < -0.39 is 0 Å². The summed E-state index contributed by atoms with van der Waals surface area (Å²) in [6.07, 6.45) is 3.49. The van der Waals surface area contributed by atoms with Gasteiger partial charge < -0.3 is 10.4 Å². The van der Waals surface area contributed by atoms with Crippen molar-refractivity contribution in [2.24, 2.45) is 0 Å². The highest BCUT2D eigenvalue weighted by Gasteiger charge is 2.27. The molecule has 0 aliphatic heterocycles. The summed E-state index contributed by atoms with van der Waals surface area (Å²) in [5, 5.41) is 14.4. The predicted molar refractivity (Wildman–Crippen MR) is 79.0 cm³/mol. The molecule has 0 spiro atoms. The molecule has 2 nitrogen and oxygen atoms in total. The van der Waals surface area contributed by atoms with E-state index in [-0.39, 0.29) is 6.10 Å². The van der Waals surface area contributed by atoms with Crippen LogP contribution in [0.4, 0.5) is 0 Å². The van der Waals surface area contributed by atoms with Crippen molar-refractivity contribution < 1.29 is 5.11 Å². The first kappa shape index (κ1) is 13.9. The van der Waals surface area contributed by atoms with Crippen molar-refractivity contribution in [3.8, 4) is 0 Å². The van der Waals surface area contributed by atoms with Gasteiger partial charge in [-0.05, 0) is 24.2 Å². The summed E-state index contributed by atoms with van der Waals surface area (Å²) in [6, 6.07) is 10.5. The molecule has 2 rings (SSSR count). The Bertz CT molecular complexity index is 344. The lowest BCUT2D eigenvalue weighted by atomic mass is 10.1. The van der Waals surface area contributed by atoms with Gasteiger partial charge in [-0.3, -0.25) is 0 Å². The van der Waals surface area contributed by atoms with Crippen molar-refractivity contribution >= 4 is 11.8 Å². The van der Waals surface area contributed by atoms with Crippen LogP contribution in [0.1, 0.15) is 37.9 Å². The number of rotatable bonds is 6. The third kappa shape index (κ3) is 3.74. The van der Waals surface area contributed by atoms with Gasteiger partial charge in [0.25, 0.3) is 0 Å². The summed E-state index contributed by atoms with van der Waals surface area (Å²) in [7, 11) is 0. The third-order valence-corrected chi connectivity index (χ3v) is 4.92. The SMILES string of the molecule is CCSC1CCCC1NCC(O)c1ccccc1. The Balaban J connectivity index is 1.80. The van der Waals surface area contributed by atoms with E-state index in [1.165, 1.54) is 25.0 Å². The van der Waals surface area contributed by atoms with Crippen LogP contribution in [-0.2, 0) is 0 Å². The number of thioether (sulfide) groups is 1. The van der Waals surface area contributed by atoms with Crippen LogP contribution in [-0.4, -0.2) is 28.7 Å². The number of benzene rings is 1. The van der Waals surface area contributed by atoms with Gasteiger partial charge in [0.2, 0.25) is 0 Å². The zero-order valence-corrected chi connectivity index (χ0v) is 11.8. The highest BCUT2D eigenvalue weighted by Crippen LogP contribution is 2.30. The minimum atomic E-state index is -0.390. The lowest BCUT2D eigenvalue weighted by molar-refractivity contribution is 0.170. The van der Waals surface area contributed by atoms with Crippen LogP contribution in [0.15, 0.2) is 30.3 Å². The first-order chi connectivity index (χ1) is 8.81. The predicted octanol–water partition coefficient (Wildman–Crippen LogP) is 2.98. The second-order valence-electron chi connectivity index (χ2n) is 4.87. The van der Waals surface area contributed by atoms with Gasteiger partial charge in [-0.1, -0.05) is 43.7 Å². The minimum Gasteiger partial charge on any atom is -0.387 e. The van der Waals surface area contributed by atoms with Crippen LogP contribution in [0.3, 0.4) is 0 Å². The fourth-order valence-corrected chi connectivity index (χ4v) is 3.86. The summed E-state index contributed by atoms with van der Waals surface area (Å²) >= 11 is 2.05. The summed E-state index contributed by atoms with van der Waals surface area (Å²) in [6.45, 7) is 2.88. The monoisotopic (exact) mass is 265 g/mol. The highest BCUT2D eigenvalue weighted by molar-refractivity contribution is 7.99. The van der Waals surface area contributed by atoms with Gasteiger partial charge in [0.1, 0.15) is 0 Å². The Kier molecular flexibility index (Phi) is 5.54. The van der Waals surface area contributed by atoms with Gasteiger partial charge in [-0.15, -0.1) is 0 Å². The average molecular weight is 265 g/mol. The first-order valence-electron chi connectivity index (χ1n) is 6.89.